The van der Waals surface area contributed by atoms with Crippen LogP contribution in [0, 0.1) is 0 Å². The van der Waals surface area contributed by atoms with E-state index in [4.69, 9.17) is 23.7 Å². The van der Waals surface area contributed by atoms with Gasteiger partial charge in [-0.25, -0.2) is 4.79 Å². The van der Waals surface area contributed by atoms with Crippen molar-refractivity contribution in [3.63, 3.8) is 0 Å². The molecule has 0 bridgehead atoms. The van der Waals surface area contributed by atoms with Crippen LogP contribution < -0.4 is 0 Å². The summed E-state index contributed by atoms with van der Waals surface area (Å²) in [5, 5.41) is 0. The Morgan fingerprint density at radius 1 is 0.690 bits per heavy atom. The van der Waals surface area contributed by atoms with Crippen LogP contribution in [0.5, 0.6) is 0 Å². The second-order valence-electron chi connectivity index (χ2n) is 8.03. The van der Waals surface area contributed by atoms with Gasteiger partial charge in [-0.1, -0.05) is 38.2 Å². The molecule has 0 heterocycles. The highest BCUT2D eigenvalue weighted by molar-refractivity contribution is 5.71. The minimum Gasteiger partial charge on any atom is -0.458 e. The molecule has 0 unspecified atom stereocenters. The molecular weight excluding hydrogens is 372 g/mol. The van der Waals surface area contributed by atoms with Gasteiger partial charge in [0, 0.05) is 6.61 Å². The third-order valence-electron chi connectivity index (χ3n) is 3.95. The smallest absolute Gasteiger partial charge is 0.332 e. The SMILES string of the molecule is C=CCCCCCCCCCOCCOCCOCCOCC(=O)OC(C)(C)C. The highest BCUT2D eigenvalue weighted by Gasteiger charge is 2.15. The molecule has 0 amide bonds. The molecule has 6 nitrogen and oxygen atoms in total. The normalized spacial score (nSPS) is 11.6. The van der Waals surface area contributed by atoms with Crippen LogP contribution in [0.4, 0.5) is 0 Å². The summed E-state index contributed by atoms with van der Waals surface area (Å²) in [6, 6.07) is 0. The molecule has 0 aromatic heterocycles. The molecular formula is C23H44O6. The van der Waals surface area contributed by atoms with Crippen molar-refractivity contribution in [3.05, 3.63) is 12.7 Å². The van der Waals surface area contributed by atoms with Crippen molar-refractivity contribution in [2.75, 3.05) is 52.9 Å². The van der Waals surface area contributed by atoms with Gasteiger partial charge in [0.2, 0.25) is 0 Å². The molecule has 0 rings (SSSR count). The second kappa shape index (κ2) is 20.3. The summed E-state index contributed by atoms with van der Waals surface area (Å²) in [5.41, 5.74) is -0.483. The number of carbonyl (C=O) groups is 1. The zero-order valence-electron chi connectivity index (χ0n) is 19.0. The van der Waals surface area contributed by atoms with Crippen LogP contribution in [0.1, 0.15) is 72.1 Å². The lowest BCUT2D eigenvalue weighted by atomic mass is 10.1. The van der Waals surface area contributed by atoms with E-state index in [0.717, 1.165) is 19.4 Å². The van der Waals surface area contributed by atoms with Gasteiger partial charge in [-0.2, -0.15) is 0 Å². The van der Waals surface area contributed by atoms with Crippen LogP contribution in [-0.2, 0) is 28.5 Å². The average molecular weight is 417 g/mol. The number of allylic oxidation sites excluding steroid dienone is 1. The molecule has 0 saturated carbocycles. The van der Waals surface area contributed by atoms with E-state index in [1.165, 1.54) is 38.5 Å². The lowest BCUT2D eigenvalue weighted by Gasteiger charge is -2.19. The summed E-state index contributed by atoms with van der Waals surface area (Å²) in [7, 11) is 0. The van der Waals surface area contributed by atoms with Gasteiger partial charge in [-0.15, -0.1) is 6.58 Å². The Morgan fingerprint density at radius 2 is 1.14 bits per heavy atom. The predicted molar refractivity (Wildman–Crippen MR) is 116 cm³/mol. The number of rotatable bonds is 21. The number of esters is 1. The van der Waals surface area contributed by atoms with E-state index in [0.29, 0.717) is 39.6 Å². The molecule has 0 aromatic carbocycles. The van der Waals surface area contributed by atoms with E-state index < -0.39 is 5.60 Å². The molecule has 0 aromatic rings. The van der Waals surface area contributed by atoms with Crippen molar-refractivity contribution in [1.82, 2.24) is 0 Å². The van der Waals surface area contributed by atoms with E-state index in [1.807, 2.05) is 26.8 Å². The maximum atomic E-state index is 11.4. The molecule has 0 aliphatic carbocycles. The number of unbranched alkanes of at least 4 members (excludes halogenated alkanes) is 7. The van der Waals surface area contributed by atoms with E-state index in [9.17, 15) is 4.79 Å². The maximum absolute atomic E-state index is 11.4. The fourth-order valence-electron chi connectivity index (χ4n) is 2.56. The first-order chi connectivity index (χ1) is 14.0. The molecule has 6 heteroatoms. The van der Waals surface area contributed by atoms with Gasteiger partial charge in [-0.3, -0.25) is 0 Å². The topological polar surface area (TPSA) is 63.2 Å². The molecule has 0 fully saturated rings. The van der Waals surface area contributed by atoms with Gasteiger partial charge in [0.15, 0.2) is 0 Å². The molecule has 0 aliphatic heterocycles. The maximum Gasteiger partial charge on any atom is 0.332 e. The van der Waals surface area contributed by atoms with Crippen molar-refractivity contribution in [3.8, 4) is 0 Å². The Kier molecular flexibility index (Phi) is 19.7. The molecule has 0 spiro atoms. The Balaban J connectivity index is 3.12. The fraction of sp³-hybridized carbons (Fsp3) is 0.870. The first-order valence-electron chi connectivity index (χ1n) is 11.1. The van der Waals surface area contributed by atoms with Crippen LogP contribution in [0.2, 0.25) is 0 Å². The minimum atomic E-state index is -0.483. The van der Waals surface area contributed by atoms with Crippen LogP contribution in [-0.4, -0.2) is 64.4 Å². The van der Waals surface area contributed by atoms with Gasteiger partial charge in [0.05, 0.1) is 39.6 Å². The fourth-order valence-corrected chi connectivity index (χ4v) is 2.56. The summed E-state index contributed by atoms with van der Waals surface area (Å²) in [6.07, 6.45) is 12.1. The molecule has 29 heavy (non-hydrogen) atoms. The van der Waals surface area contributed by atoms with Crippen molar-refractivity contribution < 1.29 is 28.5 Å². The summed E-state index contributed by atoms with van der Waals surface area (Å²) in [6.45, 7) is 13.0. The summed E-state index contributed by atoms with van der Waals surface area (Å²) < 4.78 is 26.7. The second-order valence-corrected chi connectivity index (χ2v) is 8.03. The molecule has 0 saturated heterocycles. The summed E-state index contributed by atoms with van der Waals surface area (Å²) >= 11 is 0. The van der Waals surface area contributed by atoms with Crippen LogP contribution in [0.25, 0.3) is 0 Å². The van der Waals surface area contributed by atoms with Crippen LogP contribution in [0.3, 0.4) is 0 Å². The minimum absolute atomic E-state index is 0.0514. The van der Waals surface area contributed by atoms with Gasteiger partial charge in [-0.05, 0) is 40.0 Å². The third kappa shape index (κ3) is 25.0. The largest absolute Gasteiger partial charge is 0.458 e. The van der Waals surface area contributed by atoms with E-state index in [-0.39, 0.29) is 12.6 Å². The lowest BCUT2D eigenvalue weighted by Crippen LogP contribution is -2.27. The monoisotopic (exact) mass is 416 g/mol. The van der Waals surface area contributed by atoms with Crippen molar-refractivity contribution in [2.45, 2.75) is 77.7 Å². The zero-order valence-corrected chi connectivity index (χ0v) is 19.0. The van der Waals surface area contributed by atoms with Crippen molar-refractivity contribution in [1.29, 1.82) is 0 Å². The van der Waals surface area contributed by atoms with Crippen LogP contribution >= 0.6 is 0 Å². The zero-order chi connectivity index (χ0) is 21.6. The Morgan fingerprint density at radius 3 is 1.66 bits per heavy atom. The lowest BCUT2D eigenvalue weighted by molar-refractivity contribution is -0.160. The number of hydrogen-bond donors (Lipinski definition) is 0. The van der Waals surface area contributed by atoms with Gasteiger partial charge in [0.25, 0.3) is 0 Å². The number of carbonyl (C=O) groups excluding carboxylic acids is 1. The standard InChI is InChI=1S/C23H44O6/c1-5-6-7-8-9-10-11-12-13-14-25-15-16-26-17-18-27-19-20-28-21-22(24)29-23(2,3)4/h5H,1,6-21H2,2-4H3. The van der Waals surface area contributed by atoms with Gasteiger partial charge in [0.1, 0.15) is 12.2 Å². The third-order valence-corrected chi connectivity index (χ3v) is 3.95. The van der Waals surface area contributed by atoms with E-state index in [1.54, 1.807) is 0 Å². The molecule has 0 N–H and O–H groups in total. The van der Waals surface area contributed by atoms with Crippen molar-refractivity contribution >= 4 is 5.97 Å². The molecule has 0 atom stereocenters. The van der Waals surface area contributed by atoms with Crippen LogP contribution in [0.15, 0.2) is 12.7 Å². The predicted octanol–water partition coefficient (Wildman–Crippen LogP) is 4.70. The van der Waals surface area contributed by atoms with E-state index >= 15 is 0 Å². The first kappa shape index (κ1) is 28.1. The van der Waals surface area contributed by atoms with E-state index in [2.05, 4.69) is 6.58 Å². The van der Waals surface area contributed by atoms with Gasteiger partial charge < -0.3 is 23.7 Å². The quantitative estimate of drug-likeness (QED) is 0.153. The van der Waals surface area contributed by atoms with Gasteiger partial charge >= 0.3 is 5.97 Å². The Bertz CT molecular complexity index is 378. The molecule has 0 radical (unpaired) electrons. The Labute approximate surface area is 178 Å². The number of hydrogen-bond acceptors (Lipinski definition) is 6. The highest BCUT2D eigenvalue weighted by Crippen LogP contribution is 2.09. The average Bonchev–Trinajstić information content (AvgIpc) is 2.65. The molecule has 172 valence electrons. The molecule has 0 aliphatic rings. The summed E-state index contributed by atoms with van der Waals surface area (Å²) in [5.74, 6) is -0.361. The summed E-state index contributed by atoms with van der Waals surface area (Å²) in [4.78, 5) is 11.4. The highest BCUT2D eigenvalue weighted by atomic mass is 16.6. The first-order valence-corrected chi connectivity index (χ1v) is 11.1. The van der Waals surface area contributed by atoms with Crippen molar-refractivity contribution in [2.24, 2.45) is 0 Å². The Hall–Kier alpha value is -0.950. The number of ether oxygens (including phenoxy) is 5.